The highest BCUT2D eigenvalue weighted by atomic mass is 32.2. The topological polar surface area (TPSA) is 81.3 Å². The summed E-state index contributed by atoms with van der Waals surface area (Å²) in [7, 11) is 1.65. The number of aryl methyl sites for hydroxylation is 1. The first-order valence-electron chi connectivity index (χ1n) is 8.21. The number of anilines is 1. The maximum absolute atomic E-state index is 12.7. The Morgan fingerprint density at radius 2 is 2.04 bits per heavy atom. The summed E-state index contributed by atoms with van der Waals surface area (Å²) in [6.07, 6.45) is 2.14. The maximum Gasteiger partial charge on any atom is 0.233 e. The Morgan fingerprint density at radius 3 is 2.64 bits per heavy atom. The van der Waals surface area contributed by atoms with Gasteiger partial charge in [0.1, 0.15) is 11.6 Å². The van der Waals surface area contributed by atoms with Crippen molar-refractivity contribution in [3.8, 4) is 5.75 Å². The summed E-state index contributed by atoms with van der Waals surface area (Å²) in [5.74, 6) is 1.67. The number of nitrogens with zero attached hydrogens (tertiary/aromatic N) is 3. The van der Waals surface area contributed by atoms with Crippen molar-refractivity contribution in [1.29, 1.82) is 0 Å². The van der Waals surface area contributed by atoms with Crippen LogP contribution in [0.3, 0.4) is 0 Å². The highest BCUT2D eigenvalue weighted by Gasteiger charge is 2.32. The van der Waals surface area contributed by atoms with Crippen molar-refractivity contribution in [2.45, 2.75) is 37.5 Å². The summed E-state index contributed by atoms with van der Waals surface area (Å²) < 4.78 is 5.18. The molecule has 0 saturated heterocycles. The lowest BCUT2D eigenvalue weighted by Crippen LogP contribution is -2.34. The molecule has 1 fully saturated rings. The second-order valence-electron chi connectivity index (χ2n) is 6.11. The zero-order valence-electron chi connectivity index (χ0n) is 14.4. The van der Waals surface area contributed by atoms with E-state index in [1.54, 1.807) is 13.2 Å². The van der Waals surface area contributed by atoms with Gasteiger partial charge in [0.15, 0.2) is 5.16 Å². The largest absolute Gasteiger partial charge is 0.497 e. The van der Waals surface area contributed by atoms with Crippen LogP contribution < -0.4 is 10.5 Å². The molecule has 1 heterocycles. The third kappa shape index (κ3) is 4.85. The van der Waals surface area contributed by atoms with Gasteiger partial charge in [-0.15, -0.1) is 0 Å². The lowest BCUT2D eigenvalue weighted by molar-refractivity contribution is -0.129. The molecule has 2 N–H and O–H groups in total. The molecule has 1 aliphatic rings. The second-order valence-corrected chi connectivity index (χ2v) is 7.05. The summed E-state index contributed by atoms with van der Waals surface area (Å²) in [6.45, 7) is 2.48. The Morgan fingerprint density at radius 1 is 1.32 bits per heavy atom. The van der Waals surface area contributed by atoms with Crippen LogP contribution in [0.5, 0.6) is 5.75 Å². The van der Waals surface area contributed by atoms with Crippen LogP contribution in [0.4, 0.5) is 5.82 Å². The van der Waals surface area contributed by atoms with E-state index in [4.69, 9.17) is 10.5 Å². The number of carbonyl (C=O) groups excluding carboxylic acids is 1. The highest BCUT2D eigenvalue weighted by molar-refractivity contribution is 7.99. The summed E-state index contributed by atoms with van der Waals surface area (Å²) in [6, 6.07) is 9.90. The standard InChI is InChI=1S/C18H22N4O2S/c1-12-9-16(19)21-18(20-12)25-11-17(23)22(14-5-6-14)10-13-3-7-15(24-2)8-4-13/h3-4,7-9,14H,5-6,10-11H2,1-2H3,(H2,19,20,21). The van der Waals surface area contributed by atoms with E-state index in [0.29, 0.717) is 29.3 Å². The van der Waals surface area contributed by atoms with Gasteiger partial charge in [-0.2, -0.15) is 0 Å². The molecule has 1 amide bonds. The number of nitrogen functional groups attached to an aromatic ring is 1. The fourth-order valence-corrected chi connectivity index (χ4v) is 3.37. The van der Waals surface area contributed by atoms with Crippen LogP contribution in [0.2, 0.25) is 0 Å². The van der Waals surface area contributed by atoms with Gasteiger partial charge in [0, 0.05) is 24.3 Å². The second kappa shape index (κ2) is 7.74. The van der Waals surface area contributed by atoms with Gasteiger partial charge < -0.3 is 15.4 Å². The highest BCUT2D eigenvalue weighted by Crippen LogP contribution is 2.30. The van der Waals surface area contributed by atoms with E-state index in [1.165, 1.54) is 11.8 Å². The third-order valence-corrected chi connectivity index (χ3v) is 4.83. The number of ether oxygens (including phenoxy) is 1. The van der Waals surface area contributed by atoms with Gasteiger partial charge >= 0.3 is 0 Å². The number of methoxy groups -OCH3 is 1. The average molecular weight is 358 g/mol. The van der Waals surface area contributed by atoms with E-state index in [-0.39, 0.29) is 5.91 Å². The van der Waals surface area contributed by atoms with Gasteiger partial charge in [0.25, 0.3) is 0 Å². The minimum absolute atomic E-state index is 0.104. The number of carbonyl (C=O) groups is 1. The van der Waals surface area contributed by atoms with Crippen molar-refractivity contribution in [3.05, 3.63) is 41.6 Å². The van der Waals surface area contributed by atoms with Gasteiger partial charge in [-0.3, -0.25) is 4.79 Å². The first-order chi connectivity index (χ1) is 12.0. The number of amides is 1. The van der Waals surface area contributed by atoms with Crippen LogP contribution in [0.25, 0.3) is 0 Å². The summed E-state index contributed by atoms with van der Waals surface area (Å²) in [5.41, 5.74) is 7.64. The van der Waals surface area contributed by atoms with E-state index in [9.17, 15) is 4.79 Å². The van der Waals surface area contributed by atoms with Crippen molar-refractivity contribution in [1.82, 2.24) is 14.9 Å². The molecule has 0 bridgehead atoms. The zero-order valence-corrected chi connectivity index (χ0v) is 15.3. The summed E-state index contributed by atoms with van der Waals surface area (Å²) >= 11 is 1.33. The molecule has 1 aliphatic carbocycles. The molecule has 1 aromatic carbocycles. The molecule has 0 radical (unpaired) electrons. The Labute approximate surface area is 151 Å². The third-order valence-electron chi connectivity index (χ3n) is 4.00. The molecule has 3 rings (SSSR count). The van der Waals surface area contributed by atoms with Crippen molar-refractivity contribution in [2.75, 3.05) is 18.6 Å². The van der Waals surface area contributed by atoms with E-state index in [0.717, 1.165) is 29.8 Å². The van der Waals surface area contributed by atoms with E-state index < -0.39 is 0 Å². The monoisotopic (exact) mass is 358 g/mol. The molecule has 132 valence electrons. The number of benzene rings is 1. The maximum atomic E-state index is 12.7. The predicted molar refractivity (Wildman–Crippen MR) is 98.5 cm³/mol. The van der Waals surface area contributed by atoms with Crippen LogP contribution in [0.1, 0.15) is 24.1 Å². The summed E-state index contributed by atoms with van der Waals surface area (Å²) in [4.78, 5) is 23.1. The van der Waals surface area contributed by atoms with Gasteiger partial charge in [0.2, 0.25) is 5.91 Å². The van der Waals surface area contributed by atoms with Crippen LogP contribution in [-0.2, 0) is 11.3 Å². The Balaban J connectivity index is 1.62. The Hall–Kier alpha value is -2.28. The van der Waals surface area contributed by atoms with Crippen molar-refractivity contribution in [2.24, 2.45) is 0 Å². The molecule has 25 heavy (non-hydrogen) atoms. The molecule has 2 aromatic rings. The number of hydrogen-bond acceptors (Lipinski definition) is 6. The van der Waals surface area contributed by atoms with Crippen LogP contribution in [0, 0.1) is 6.92 Å². The van der Waals surface area contributed by atoms with Gasteiger partial charge in [-0.25, -0.2) is 9.97 Å². The molecule has 0 aliphatic heterocycles. The number of aromatic nitrogens is 2. The fraction of sp³-hybridized carbons (Fsp3) is 0.389. The molecule has 0 spiro atoms. The van der Waals surface area contributed by atoms with Gasteiger partial charge in [-0.05, 0) is 37.5 Å². The lowest BCUT2D eigenvalue weighted by atomic mass is 10.2. The molecule has 6 nitrogen and oxygen atoms in total. The average Bonchev–Trinajstić information content (AvgIpc) is 3.42. The van der Waals surface area contributed by atoms with Gasteiger partial charge in [0.05, 0.1) is 12.9 Å². The quantitative estimate of drug-likeness (QED) is 0.605. The summed E-state index contributed by atoms with van der Waals surface area (Å²) in [5, 5.41) is 0.547. The molecule has 0 unspecified atom stereocenters. The van der Waals surface area contributed by atoms with E-state index in [1.807, 2.05) is 36.1 Å². The smallest absolute Gasteiger partial charge is 0.233 e. The van der Waals surface area contributed by atoms with Crippen LogP contribution in [0.15, 0.2) is 35.5 Å². The minimum Gasteiger partial charge on any atom is -0.497 e. The molecular weight excluding hydrogens is 336 g/mol. The number of rotatable bonds is 7. The van der Waals surface area contributed by atoms with Gasteiger partial charge in [-0.1, -0.05) is 23.9 Å². The van der Waals surface area contributed by atoms with Crippen LogP contribution in [-0.4, -0.2) is 39.7 Å². The fourth-order valence-electron chi connectivity index (χ4n) is 2.57. The molecule has 7 heteroatoms. The van der Waals surface area contributed by atoms with Crippen molar-refractivity contribution < 1.29 is 9.53 Å². The van der Waals surface area contributed by atoms with Crippen LogP contribution >= 0.6 is 11.8 Å². The Kier molecular flexibility index (Phi) is 5.43. The molecule has 1 aromatic heterocycles. The predicted octanol–water partition coefficient (Wildman–Crippen LogP) is 2.66. The normalized spacial score (nSPS) is 13.5. The van der Waals surface area contributed by atoms with Crippen molar-refractivity contribution >= 4 is 23.5 Å². The molecule has 1 saturated carbocycles. The first-order valence-corrected chi connectivity index (χ1v) is 9.20. The number of hydrogen-bond donors (Lipinski definition) is 1. The van der Waals surface area contributed by atoms with E-state index >= 15 is 0 Å². The number of nitrogens with two attached hydrogens (primary N) is 1. The first kappa shape index (κ1) is 17.5. The SMILES string of the molecule is COc1ccc(CN(C(=O)CSc2nc(C)cc(N)n2)C2CC2)cc1. The Bertz CT molecular complexity index is 727. The minimum atomic E-state index is 0.104. The molecule has 0 atom stereocenters. The number of thioether (sulfide) groups is 1. The zero-order chi connectivity index (χ0) is 17.8. The lowest BCUT2D eigenvalue weighted by Gasteiger charge is -2.22. The molecular formula is C18H22N4O2S. The van der Waals surface area contributed by atoms with Crippen molar-refractivity contribution in [3.63, 3.8) is 0 Å². The van der Waals surface area contributed by atoms with E-state index in [2.05, 4.69) is 9.97 Å².